The molecule has 0 aromatic heterocycles. The van der Waals surface area contributed by atoms with E-state index in [2.05, 4.69) is 10.6 Å². The number of hydrogen-bond donors (Lipinski definition) is 7. The number of nitrogens with zero attached hydrogens (tertiary/aromatic N) is 1. The maximum Gasteiger partial charge on any atom is 0.255 e. The highest BCUT2D eigenvalue weighted by atomic mass is 35.5. The summed E-state index contributed by atoms with van der Waals surface area (Å²) in [5.74, 6) is -6.97. The van der Waals surface area contributed by atoms with E-state index in [4.69, 9.17) is 5.73 Å². The zero-order valence-electron chi connectivity index (χ0n) is 22.5. The smallest absolute Gasteiger partial charge is 0.255 e. The Bertz CT molecular complexity index is 1370. The van der Waals surface area contributed by atoms with Gasteiger partial charge >= 0.3 is 0 Å². The van der Waals surface area contributed by atoms with Crippen LogP contribution in [0.3, 0.4) is 0 Å². The Morgan fingerprint density at radius 3 is 2.37 bits per heavy atom. The van der Waals surface area contributed by atoms with Crippen LogP contribution in [0, 0.1) is 17.8 Å². The van der Waals surface area contributed by atoms with Gasteiger partial charge in [0.05, 0.1) is 23.8 Å². The lowest BCUT2D eigenvalue weighted by Crippen LogP contribution is -2.63. The fourth-order valence-corrected chi connectivity index (χ4v) is 6.23. The van der Waals surface area contributed by atoms with Crippen molar-refractivity contribution in [3.63, 3.8) is 0 Å². The van der Waals surface area contributed by atoms with Crippen molar-refractivity contribution in [2.75, 3.05) is 32.5 Å². The van der Waals surface area contributed by atoms with E-state index in [-0.39, 0.29) is 61.0 Å². The highest BCUT2D eigenvalue weighted by molar-refractivity contribution is 6.25. The van der Waals surface area contributed by atoms with Crippen LogP contribution in [-0.2, 0) is 20.8 Å². The number of aliphatic hydroxyl groups excluding tert-OH is 2. The third-order valence-corrected chi connectivity index (χ3v) is 8.28. The number of likely N-dealkylation sites (N-methyl/N-ethyl adjacent to an activating group) is 1. The molecule has 5 rings (SSSR count). The molecule has 4 atom stereocenters. The fourth-order valence-electron chi connectivity index (χ4n) is 6.23. The molecule has 8 N–H and O–H groups in total. The second-order valence-corrected chi connectivity index (χ2v) is 11.1. The predicted molar refractivity (Wildman–Crippen MR) is 152 cm³/mol. The summed E-state index contributed by atoms with van der Waals surface area (Å²) in [6.07, 6.45) is 2.45. The summed E-state index contributed by atoms with van der Waals surface area (Å²) >= 11 is 0. The van der Waals surface area contributed by atoms with Crippen LogP contribution >= 0.6 is 24.8 Å². The van der Waals surface area contributed by atoms with Crippen molar-refractivity contribution in [2.24, 2.45) is 23.5 Å². The SMILES string of the molecule is CN(C)[C@@H]1C(O)=C(C(N)=O)C(=O)C2(O)C(O)=C3C(=O)c4c(ccc(NC(=O)CNCC5CC5)c4O)CC3CC12.Cl.Cl. The van der Waals surface area contributed by atoms with E-state index < -0.39 is 69.7 Å². The maximum atomic E-state index is 13.7. The van der Waals surface area contributed by atoms with Gasteiger partial charge in [-0.05, 0) is 69.8 Å². The zero-order chi connectivity index (χ0) is 28.4. The highest BCUT2D eigenvalue weighted by Gasteiger charge is 2.63. The van der Waals surface area contributed by atoms with Crippen molar-refractivity contribution in [3.8, 4) is 5.75 Å². The van der Waals surface area contributed by atoms with Crippen LogP contribution in [0.2, 0.25) is 0 Å². The molecule has 2 amide bonds. The Kier molecular flexibility index (Phi) is 9.16. The van der Waals surface area contributed by atoms with Gasteiger partial charge in [-0.15, -0.1) is 24.8 Å². The molecular weight excluding hydrogens is 579 g/mol. The predicted octanol–water partition coefficient (Wildman–Crippen LogP) is 0.902. The van der Waals surface area contributed by atoms with E-state index >= 15 is 0 Å². The van der Waals surface area contributed by atoms with Crippen LogP contribution in [0.25, 0.3) is 0 Å². The van der Waals surface area contributed by atoms with Crippen LogP contribution in [0.1, 0.15) is 35.2 Å². The quantitative estimate of drug-likeness (QED) is 0.171. The van der Waals surface area contributed by atoms with Gasteiger partial charge in [-0.2, -0.15) is 0 Å². The van der Waals surface area contributed by atoms with Gasteiger partial charge in [-0.3, -0.25) is 24.1 Å². The molecule has 0 bridgehead atoms. The van der Waals surface area contributed by atoms with Crippen molar-refractivity contribution in [2.45, 2.75) is 37.3 Å². The topological polar surface area (TPSA) is 203 Å². The molecule has 1 fully saturated rings. The number of halogens is 2. The number of benzene rings is 1. The number of phenols is 1. The maximum absolute atomic E-state index is 13.7. The summed E-state index contributed by atoms with van der Waals surface area (Å²) in [6.45, 7) is 0.750. The minimum Gasteiger partial charge on any atom is -0.510 e. The Labute approximate surface area is 248 Å². The molecule has 41 heavy (non-hydrogen) atoms. The third kappa shape index (κ3) is 5.19. The molecule has 4 aliphatic rings. The summed E-state index contributed by atoms with van der Waals surface area (Å²) < 4.78 is 0. The molecule has 0 radical (unpaired) electrons. The number of carbonyl (C=O) groups is 4. The number of nitrogens with one attached hydrogen (secondary N) is 2. The second-order valence-electron chi connectivity index (χ2n) is 11.1. The molecule has 0 spiro atoms. The molecule has 1 aromatic carbocycles. The van der Waals surface area contributed by atoms with Crippen molar-refractivity contribution >= 4 is 53.9 Å². The summed E-state index contributed by atoms with van der Waals surface area (Å²) in [5, 5.41) is 50.3. The number of primary amides is 1. The van der Waals surface area contributed by atoms with Gasteiger partial charge in [-0.1, -0.05) is 6.07 Å². The Balaban J connectivity index is 0.00000231. The van der Waals surface area contributed by atoms with E-state index in [1.54, 1.807) is 20.2 Å². The number of amides is 2. The number of phenolic OH excluding ortho intramolecular Hbond substituents is 1. The minimum atomic E-state index is -2.70. The first-order valence-corrected chi connectivity index (χ1v) is 12.9. The molecule has 224 valence electrons. The molecule has 14 heteroatoms. The van der Waals surface area contributed by atoms with Crippen LogP contribution in [0.15, 0.2) is 34.8 Å². The lowest BCUT2D eigenvalue weighted by Gasteiger charge is -2.50. The van der Waals surface area contributed by atoms with Crippen LogP contribution < -0.4 is 16.4 Å². The number of hydrogen-bond acceptors (Lipinski definition) is 10. The summed E-state index contributed by atoms with van der Waals surface area (Å²) in [7, 11) is 3.14. The van der Waals surface area contributed by atoms with Gasteiger partial charge in [0.25, 0.3) is 5.91 Å². The first-order valence-electron chi connectivity index (χ1n) is 12.9. The monoisotopic (exact) mass is 612 g/mol. The second kappa shape index (κ2) is 11.6. The number of fused-ring (bicyclic) bond motifs is 3. The number of ketones is 2. The lowest BCUT2D eigenvalue weighted by atomic mass is 9.58. The van der Waals surface area contributed by atoms with Gasteiger partial charge in [0.2, 0.25) is 11.7 Å². The molecular formula is C27H34Cl2N4O8. The van der Waals surface area contributed by atoms with Gasteiger partial charge in [0.1, 0.15) is 17.1 Å². The molecule has 0 aliphatic heterocycles. The molecule has 0 heterocycles. The van der Waals surface area contributed by atoms with Crippen molar-refractivity contribution in [3.05, 3.63) is 45.9 Å². The standard InChI is InChI=1S/C27H32N4O8.2ClH/c1-31(2)20-14-8-13-7-12-5-6-15(30-16(32)10-29-9-11-3-4-11)21(33)17(12)22(34)18(13)24(36)27(14,39)25(37)19(23(20)35)26(28)38;;/h5-6,11,13-14,20,29,33,35-36,39H,3-4,7-10H2,1-2H3,(H2,28,38)(H,30,32);2*1H/t13?,14?,20-,27?;;/m0../s1. The molecule has 12 nitrogen and oxygen atoms in total. The molecule has 0 saturated heterocycles. The van der Waals surface area contributed by atoms with E-state index in [0.29, 0.717) is 11.5 Å². The molecule has 1 aromatic rings. The summed E-state index contributed by atoms with van der Waals surface area (Å²) in [6, 6.07) is 2.05. The highest BCUT2D eigenvalue weighted by Crippen LogP contribution is 2.52. The van der Waals surface area contributed by atoms with E-state index in [0.717, 1.165) is 19.4 Å². The zero-order valence-corrected chi connectivity index (χ0v) is 24.1. The van der Waals surface area contributed by atoms with Gasteiger partial charge < -0.3 is 36.8 Å². The molecule has 3 unspecified atom stereocenters. The number of aliphatic hydroxyl groups is 3. The number of Topliss-reactive ketones (excluding diaryl/α,β-unsaturated/α-hetero) is 2. The Hall–Kier alpha value is -3.16. The van der Waals surface area contributed by atoms with Crippen molar-refractivity contribution < 1.29 is 39.6 Å². The first kappa shape index (κ1) is 32.4. The van der Waals surface area contributed by atoms with Crippen molar-refractivity contribution in [1.29, 1.82) is 0 Å². The van der Waals surface area contributed by atoms with Gasteiger partial charge in [0.15, 0.2) is 17.1 Å². The summed E-state index contributed by atoms with van der Waals surface area (Å²) in [4.78, 5) is 53.0. The minimum absolute atomic E-state index is 0. The van der Waals surface area contributed by atoms with Crippen molar-refractivity contribution in [1.82, 2.24) is 10.2 Å². The van der Waals surface area contributed by atoms with E-state index in [1.807, 2.05) is 0 Å². The van der Waals surface area contributed by atoms with Crippen LogP contribution in [0.4, 0.5) is 5.69 Å². The summed E-state index contributed by atoms with van der Waals surface area (Å²) in [5.41, 5.74) is 1.86. The number of anilines is 1. The Morgan fingerprint density at radius 2 is 1.78 bits per heavy atom. The number of allylic oxidation sites excluding steroid dienone is 1. The number of nitrogens with two attached hydrogens (primary N) is 1. The molecule has 4 aliphatic carbocycles. The average molecular weight is 613 g/mol. The van der Waals surface area contributed by atoms with E-state index in [1.165, 1.54) is 11.0 Å². The number of carbonyl (C=O) groups excluding carboxylic acids is 4. The fraction of sp³-hybridized carbons (Fsp3) is 0.481. The van der Waals surface area contributed by atoms with E-state index in [9.17, 15) is 39.6 Å². The number of rotatable bonds is 7. The molecule has 1 saturated carbocycles. The lowest BCUT2D eigenvalue weighted by molar-refractivity contribution is -0.148. The first-order chi connectivity index (χ1) is 18.4. The van der Waals surface area contributed by atoms with Crippen LogP contribution in [-0.4, -0.2) is 87.5 Å². The third-order valence-electron chi connectivity index (χ3n) is 8.28. The normalized spacial score (nSPS) is 26.9. The largest absolute Gasteiger partial charge is 0.510 e. The Morgan fingerprint density at radius 1 is 1.12 bits per heavy atom. The number of aromatic hydroxyl groups is 1. The van der Waals surface area contributed by atoms with Crippen LogP contribution in [0.5, 0.6) is 5.75 Å². The van der Waals surface area contributed by atoms with Gasteiger partial charge in [0, 0.05) is 11.5 Å². The average Bonchev–Trinajstić information content (AvgIpc) is 3.67. The van der Waals surface area contributed by atoms with Gasteiger partial charge in [-0.25, -0.2) is 0 Å².